The molecule has 0 bridgehead atoms. The first-order chi connectivity index (χ1) is 14.7. The molecule has 4 aromatic rings. The van der Waals surface area contributed by atoms with E-state index in [0.717, 1.165) is 22.6 Å². The number of nitrogens with zero attached hydrogens (tertiary/aromatic N) is 2. The third-order valence-corrected chi connectivity index (χ3v) is 5.13. The molecule has 2 heterocycles. The Balaban J connectivity index is 1.82. The zero-order valence-corrected chi connectivity index (χ0v) is 16.5. The molecule has 30 heavy (non-hydrogen) atoms. The minimum absolute atomic E-state index is 0.286. The fourth-order valence-corrected chi connectivity index (χ4v) is 3.64. The van der Waals surface area contributed by atoms with Gasteiger partial charge in [-0.25, -0.2) is 4.98 Å². The van der Waals surface area contributed by atoms with Crippen molar-refractivity contribution in [1.29, 1.82) is 0 Å². The Hall–Kier alpha value is -3.70. The lowest BCUT2D eigenvalue weighted by atomic mass is 9.82. The van der Waals surface area contributed by atoms with Crippen molar-refractivity contribution in [2.24, 2.45) is 0 Å². The summed E-state index contributed by atoms with van der Waals surface area (Å²) in [6.07, 6.45) is 2.71. The second-order valence-electron chi connectivity index (χ2n) is 7.14. The van der Waals surface area contributed by atoms with Crippen molar-refractivity contribution in [3.63, 3.8) is 0 Å². The number of rotatable bonds is 7. The first kappa shape index (κ1) is 19.6. The maximum atomic E-state index is 11.5. The molecule has 0 aliphatic rings. The van der Waals surface area contributed by atoms with Crippen LogP contribution in [0.25, 0.3) is 0 Å². The van der Waals surface area contributed by atoms with E-state index in [0.29, 0.717) is 5.69 Å². The van der Waals surface area contributed by atoms with Crippen LogP contribution in [0.5, 0.6) is 0 Å². The smallest absolute Gasteiger partial charge is 0.126 e. The topological polar surface area (TPSA) is 84.1 Å². The SMILES string of the molecule is Nc1ccc(C(Nc2ccccn2)C(c2ccccn2)C(O)c2ccccc2)cc1. The number of benzene rings is 2. The maximum Gasteiger partial charge on any atom is 0.126 e. The molecular formula is C25H24N4O. The Morgan fingerprint density at radius 1 is 0.700 bits per heavy atom. The van der Waals surface area contributed by atoms with Crippen LogP contribution >= 0.6 is 0 Å². The predicted octanol–water partition coefficient (Wildman–Crippen LogP) is 4.73. The highest BCUT2D eigenvalue weighted by Gasteiger charge is 2.33. The van der Waals surface area contributed by atoms with E-state index in [-0.39, 0.29) is 12.0 Å². The Morgan fingerprint density at radius 3 is 2.00 bits per heavy atom. The fourth-order valence-electron chi connectivity index (χ4n) is 3.64. The van der Waals surface area contributed by atoms with Crippen LogP contribution in [0.2, 0.25) is 0 Å². The molecule has 4 rings (SSSR count). The molecule has 0 aliphatic carbocycles. The Morgan fingerprint density at radius 2 is 1.37 bits per heavy atom. The molecule has 0 fully saturated rings. The lowest BCUT2D eigenvalue weighted by Gasteiger charge is -2.32. The van der Waals surface area contributed by atoms with E-state index >= 15 is 0 Å². The van der Waals surface area contributed by atoms with Gasteiger partial charge in [-0.15, -0.1) is 0 Å². The van der Waals surface area contributed by atoms with Crippen molar-refractivity contribution in [2.75, 3.05) is 11.1 Å². The highest BCUT2D eigenvalue weighted by atomic mass is 16.3. The molecule has 5 nitrogen and oxygen atoms in total. The normalized spacial score (nSPS) is 13.9. The Labute approximate surface area is 176 Å². The van der Waals surface area contributed by atoms with Crippen LogP contribution in [0, 0.1) is 0 Å². The maximum absolute atomic E-state index is 11.5. The third kappa shape index (κ3) is 4.47. The average molecular weight is 396 g/mol. The van der Waals surface area contributed by atoms with Crippen LogP contribution in [-0.2, 0) is 0 Å². The molecule has 3 atom stereocenters. The number of hydrogen-bond acceptors (Lipinski definition) is 5. The van der Waals surface area contributed by atoms with Crippen molar-refractivity contribution in [3.05, 3.63) is 120 Å². The van der Waals surface area contributed by atoms with Gasteiger partial charge in [-0.2, -0.15) is 0 Å². The highest BCUT2D eigenvalue weighted by molar-refractivity contribution is 5.45. The molecule has 5 heteroatoms. The van der Waals surface area contributed by atoms with E-state index in [1.54, 1.807) is 12.4 Å². The summed E-state index contributed by atoms with van der Waals surface area (Å²) in [6, 6.07) is 28.5. The number of aliphatic hydroxyl groups is 1. The third-order valence-electron chi connectivity index (χ3n) is 5.13. The predicted molar refractivity (Wildman–Crippen MR) is 120 cm³/mol. The molecule has 2 aromatic carbocycles. The molecule has 3 unspecified atom stereocenters. The number of hydrogen-bond donors (Lipinski definition) is 3. The summed E-state index contributed by atoms with van der Waals surface area (Å²) < 4.78 is 0. The van der Waals surface area contributed by atoms with E-state index in [9.17, 15) is 5.11 Å². The summed E-state index contributed by atoms with van der Waals surface area (Å²) in [5.74, 6) is 0.361. The Bertz CT molecular complexity index is 1040. The molecule has 150 valence electrons. The van der Waals surface area contributed by atoms with Crippen LogP contribution in [0.3, 0.4) is 0 Å². The molecule has 2 aromatic heterocycles. The number of aromatic nitrogens is 2. The summed E-state index contributed by atoms with van der Waals surface area (Å²) in [5, 5.41) is 15.0. The second kappa shape index (κ2) is 9.20. The standard InChI is InChI=1S/C25H24N4O/c26-20-14-12-18(13-15-20)24(29-22-11-5-7-17-28-22)23(21-10-4-6-16-27-21)25(30)19-8-2-1-3-9-19/h1-17,23-25,30H,26H2,(H,28,29). The average Bonchev–Trinajstić information content (AvgIpc) is 2.81. The van der Waals surface area contributed by atoms with Crippen molar-refractivity contribution in [1.82, 2.24) is 9.97 Å². The second-order valence-corrected chi connectivity index (χ2v) is 7.14. The van der Waals surface area contributed by atoms with Crippen LogP contribution in [0.4, 0.5) is 11.5 Å². The van der Waals surface area contributed by atoms with E-state index < -0.39 is 6.10 Å². The zero-order valence-electron chi connectivity index (χ0n) is 16.5. The zero-order chi connectivity index (χ0) is 20.8. The van der Waals surface area contributed by atoms with Crippen molar-refractivity contribution >= 4 is 11.5 Å². The van der Waals surface area contributed by atoms with E-state index in [1.165, 1.54) is 0 Å². The van der Waals surface area contributed by atoms with Gasteiger partial charge in [0.1, 0.15) is 5.82 Å². The summed E-state index contributed by atoms with van der Waals surface area (Å²) in [5.41, 5.74) is 9.22. The number of nitrogen functional groups attached to an aromatic ring is 1. The number of pyridine rings is 2. The summed E-state index contributed by atoms with van der Waals surface area (Å²) in [4.78, 5) is 9.02. The summed E-state index contributed by atoms with van der Waals surface area (Å²) >= 11 is 0. The van der Waals surface area contributed by atoms with Gasteiger partial charge in [0, 0.05) is 23.8 Å². The highest BCUT2D eigenvalue weighted by Crippen LogP contribution is 2.41. The molecule has 0 amide bonds. The lowest BCUT2D eigenvalue weighted by Crippen LogP contribution is -2.26. The van der Waals surface area contributed by atoms with Crippen molar-refractivity contribution in [3.8, 4) is 0 Å². The molecule has 4 N–H and O–H groups in total. The van der Waals surface area contributed by atoms with Gasteiger partial charge in [0.15, 0.2) is 0 Å². The number of aliphatic hydroxyl groups excluding tert-OH is 1. The van der Waals surface area contributed by atoms with Crippen LogP contribution in [-0.4, -0.2) is 15.1 Å². The number of nitrogens with one attached hydrogen (secondary N) is 1. The van der Waals surface area contributed by atoms with Crippen LogP contribution in [0.1, 0.15) is 34.9 Å². The number of anilines is 2. The fraction of sp³-hybridized carbons (Fsp3) is 0.120. The minimum atomic E-state index is -0.778. The molecule has 0 spiro atoms. The van der Waals surface area contributed by atoms with Gasteiger partial charge in [0.25, 0.3) is 0 Å². The van der Waals surface area contributed by atoms with Gasteiger partial charge >= 0.3 is 0 Å². The molecule has 0 radical (unpaired) electrons. The van der Waals surface area contributed by atoms with Crippen molar-refractivity contribution in [2.45, 2.75) is 18.1 Å². The van der Waals surface area contributed by atoms with Gasteiger partial charge in [-0.1, -0.05) is 54.6 Å². The monoisotopic (exact) mass is 396 g/mol. The van der Waals surface area contributed by atoms with Gasteiger partial charge in [0.05, 0.1) is 18.1 Å². The van der Waals surface area contributed by atoms with E-state index in [1.807, 2.05) is 91.0 Å². The van der Waals surface area contributed by atoms with Gasteiger partial charge in [-0.3, -0.25) is 4.98 Å². The van der Waals surface area contributed by atoms with E-state index in [4.69, 9.17) is 5.73 Å². The van der Waals surface area contributed by atoms with Gasteiger partial charge in [0.2, 0.25) is 0 Å². The first-order valence-electron chi connectivity index (χ1n) is 9.89. The van der Waals surface area contributed by atoms with Crippen molar-refractivity contribution < 1.29 is 5.11 Å². The lowest BCUT2D eigenvalue weighted by molar-refractivity contribution is 0.133. The largest absolute Gasteiger partial charge is 0.399 e. The Kier molecular flexibility index (Phi) is 6.01. The molecule has 0 saturated heterocycles. The molecule has 0 saturated carbocycles. The van der Waals surface area contributed by atoms with E-state index in [2.05, 4.69) is 15.3 Å². The first-order valence-corrected chi connectivity index (χ1v) is 9.89. The number of nitrogens with two attached hydrogens (primary N) is 1. The van der Waals surface area contributed by atoms with Crippen LogP contribution < -0.4 is 11.1 Å². The molecule has 0 aliphatic heterocycles. The minimum Gasteiger partial charge on any atom is -0.399 e. The molecular weight excluding hydrogens is 372 g/mol. The quantitative estimate of drug-likeness (QED) is 0.393. The van der Waals surface area contributed by atoms with Gasteiger partial charge in [-0.05, 0) is 47.5 Å². The summed E-state index contributed by atoms with van der Waals surface area (Å²) in [6.45, 7) is 0. The van der Waals surface area contributed by atoms with Crippen LogP contribution in [0.15, 0.2) is 103 Å². The summed E-state index contributed by atoms with van der Waals surface area (Å²) in [7, 11) is 0. The van der Waals surface area contributed by atoms with Gasteiger partial charge < -0.3 is 16.2 Å².